The Balaban J connectivity index is 2.02. The van der Waals surface area contributed by atoms with Crippen molar-refractivity contribution in [2.45, 2.75) is 51.6 Å². The first kappa shape index (κ1) is 26.7. The Labute approximate surface area is 195 Å². The van der Waals surface area contributed by atoms with Gasteiger partial charge >= 0.3 is 18.2 Å². The van der Waals surface area contributed by atoms with E-state index in [1.807, 2.05) is 19.9 Å². The summed E-state index contributed by atoms with van der Waals surface area (Å²) in [5.74, 6) is -2.10. The molecule has 0 aliphatic carbocycles. The minimum Gasteiger partial charge on any atom is -0.480 e. The Morgan fingerprint density at radius 3 is 2.06 bits per heavy atom. The van der Waals surface area contributed by atoms with Crippen LogP contribution in [0.2, 0.25) is 0 Å². The third-order valence-electron chi connectivity index (χ3n) is 4.86. The summed E-state index contributed by atoms with van der Waals surface area (Å²) in [5.41, 5.74) is 0.198. The van der Waals surface area contributed by atoms with Gasteiger partial charge in [0.15, 0.2) is 0 Å². The molecule has 0 spiro atoms. The Morgan fingerprint density at radius 2 is 1.53 bits per heavy atom. The van der Waals surface area contributed by atoms with Gasteiger partial charge in [-0.1, -0.05) is 56.3 Å². The Hall–Kier alpha value is -3.56. The van der Waals surface area contributed by atoms with Gasteiger partial charge in [-0.05, 0) is 35.6 Å². The minimum atomic E-state index is -4.51. The van der Waals surface area contributed by atoms with Crippen LogP contribution in [0.4, 0.5) is 18.0 Å². The van der Waals surface area contributed by atoms with Crippen LogP contribution in [-0.2, 0) is 33.5 Å². The molecule has 0 saturated carbocycles. The van der Waals surface area contributed by atoms with Gasteiger partial charge < -0.3 is 20.5 Å². The molecule has 2 aromatic rings. The van der Waals surface area contributed by atoms with Gasteiger partial charge in [0.05, 0.1) is 5.56 Å². The quantitative estimate of drug-likeness (QED) is 0.474. The molecule has 0 aliphatic rings. The molecule has 2 rings (SSSR count). The number of nitrogens with one attached hydrogen (secondary N) is 2. The lowest BCUT2D eigenvalue weighted by molar-refractivity contribution is -0.142. The molecule has 0 heterocycles. The van der Waals surface area contributed by atoms with Crippen molar-refractivity contribution in [2.75, 3.05) is 0 Å². The zero-order chi connectivity index (χ0) is 25.3. The number of carboxylic acids is 1. The largest absolute Gasteiger partial charge is 0.480 e. The molecule has 0 aliphatic heterocycles. The van der Waals surface area contributed by atoms with Gasteiger partial charge in [0.25, 0.3) is 0 Å². The monoisotopic (exact) mass is 480 g/mol. The summed E-state index contributed by atoms with van der Waals surface area (Å²) in [7, 11) is 0. The summed E-state index contributed by atoms with van der Waals surface area (Å²) in [6.45, 7) is 3.65. The average molecular weight is 480 g/mol. The van der Waals surface area contributed by atoms with Gasteiger partial charge in [-0.2, -0.15) is 13.2 Å². The van der Waals surface area contributed by atoms with E-state index in [2.05, 4.69) is 10.6 Å². The van der Waals surface area contributed by atoms with Gasteiger partial charge in [-0.25, -0.2) is 9.59 Å². The van der Waals surface area contributed by atoms with E-state index in [9.17, 15) is 32.7 Å². The molecule has 0 unspecified atom stereocenters. The Kier molecular flexibility index (Phi) is 9.47. The smallest absolute Gasteiger partial charge is 0.416 e. The van der Waals surface area contributed by atoms with Crippen LogP contribution in [0.3, 0.4) is 0 Å². The SMILES string of the molecule is CC(C)C[C@H](NC(=O)OCc1ccccc1)C(=O)N[C@H](Cc1ccc(C(F)(F)F)cc1)C(=O)O. The van der Waals surface area contributed by atoms with Gasteiger partial charge in [0.1, 0.15) is 18.7 Å². The van der Waals surface area contributed by atoms with E-state index in [4.69, 9.17) is 4.74 Å². The molecule has 0 bridgehead atoms. The molecule has 184 valence electrons. The lowest BCUT2D eigenvalue weighted by atomic mass is 10.0. The zero-order valence-electron chi connectivity index (χ0n) is 18.8. The first-order valence-corrected chi connectivity index (χ1v) is 10.6. The number of amides is 2. The highest BCUT2D eigenvalue weighted by molar-refractivity contribution is 5.89. The number of hydrogen-bond acceptors (Lipinski definition) is 4. The number of ether oxygens (including phenoxy) is 1. The lowest BCUT2D eigenvalue weighted by Gasteiger charge is -2.22. The summed E-state index contributed by atoms with van der Waals surface area (Å²) in [4.78, 5) is 36.7. The van der Waals surface area contributed by atoms with Crippen molar-refractivity contribution in [3.8, 4) is 0 Å². The maximum Gasteiger partial charge on any atom is 0.416 e. The zero-order valence-corrected chi connectivity index (χ0v) is 18.8. The summed E-state index contributed by atoms with van der Waals surface area (Å²) < 4.78 is 43.3. The number of rotatable bonds is 10. The molecule has 2 amide bonds. The van der Waals surface area contributed by atoms with Crippen LogP contribution in [-0.4, -0.2) is 35.2 Å². The maximum atomic E-state index is 12.8. The summed E-state index contributed by atoms with van der Waals surface area (Å²) >= 11 is 0. The fraction of sp³-hybridized carbons (Fsp3) is 0.375. The van der Waals surface area contributed by atoms with Crippen LogP contribution < -0.4 is 10.6 Å². The maximum absolute atomic E-state index is 12.8. The highest BCUT2D eigenvalue weighted by atomic mass is 19.4. The van der Waals surface area contributed by atoms with Crippen LogP contribution in [0.25, 0.3) is 0 Å². The number of alkyl halides is 3. The predicted octanol–water partition coefficient (Wildman–Crippen LogP) is 4.16. The molecule has 0 saturated heterocycles. The van der Waals surface area contributed by atoms with E-state index in [0.717, 1.165) is 29.8 Å². The van der Waals surface area contributed by atoms with Crippen LogP contribution in [0.1, 0.15) is 37.0 Å². The number of halogens is 3. The first-order valence-electron chi connectivity index (χ1n) is 10.6. The van der Waals surface area contributed by atoms with Crippen molar-refractivity contribution >= 4 is 18.0 Å². The molecule has 2 atom stereocenters. The number of carbonyl (C=O) groups is 3. The van der Waals surface area contributed by atoms with Gasteiger partial charge in [-0.3, -0.25) is 4.79 Å². The van der Waals surface area contributed by atoms with Crippen molar-refractivity contribution in [1.82, 2.24) is 10.6 Å². The van der Waals surface area contributed by atoms with Gasteiger partial charge in [0, 0.05) is 6.42 Å². The molecule has 7 nitrogen and oxygen atoms in total. The van der Waals surface area contributed by atoms with Gasteiger partial charge in [-0.15, -0.1) is 0 Å². The molecular formula is C24H27F3N2O5. The molecule has 3 N–H and O–H groups in total. The predicted molar refractivity (Wildman–Crippen MR) is 118 cm³/mol. The molecule has 0 fully saturated rings. The molecule has 10 heteroatoms. The Bertz CT molecular complexity index is 963. The van der Waals surface area contributed by atoms with Crippen LogP contribution >= 0.6 is 0 Å². The minimum absolute atomic E-state index is 0.00559. The number of aliphatic carboxylic acids is 1. The fourth-order valence-electron chi connectivity index (χ4n) is 3.15. The third-order valence-corrected chi connectivity index (χ3v) is 4.86. The van der Waals surface area contributed by atoms with Gasteiger partial charge in [0.2, 0.25) is 5.91 Å². The molecule has 0 aromatic heterocycles. The van der Waals surface area contributed by atoms with E-state index >= 15 is 0 Å². The van der Waals surface area contributed by atoms with Crippen LogP contribution in [0.15, 0.2) is 54.6 Å². The summed E-state index contributed by atoms with van der Waals surface area (Å²) in [5, 5.41) is 14.3. The molecule has 34 heavy (non-hydrogen) atoms. The van der Waals surface area contributed by atoms with Crippen LogP contribution in [0, 0.1) is 5.92 Å². The first-order chi connectivity index (χ1) is 16.0. The molecule has 2 aromatic carbocycles. The highest BCUT2D eigenvalue weighted by Crippen LogP contribution is 2.29. The van der Waals surface area contributed by atoms with E-state index in [1.54, 1.807) is 24.3 Å². The van der Waals surface area contributed by atoms with Crippen molar-refractivity contribution < 1.29 is 37.4 Å². The topological polar surface area (TPSA) is 105 Å². The van der Waals surface area contributed by atoms with E-state index in [1.165, 1.54) is 0 Å². The second-order valence-electron chi connectivity index (χ2n) is 8.19. The highest BCUT2D eigenvalue weighted by Gasteiger charge is 2.31. The third kappa shape index (κ3) is 8.76. The molecular weight excluding hydrogens is 453 g/mol. The Morgan fingerprint density at radius 1 is 0.912 bits per heavy atom. The van der Waals surface area contributed by atoms with E-state index < -0.39 is 41.8 Å². The van der Waals surface area contributed by atoms with E-state index in [0.29, 0.717) is 5.56 Å². The van der Waals surface area contributed by atoms with Crippen molar-refractivity contribution in [2.24, 2.45) is 5.92 Å². The fourth-order valence-corrected chi connectivity index (χ4v) is 3.15. The normalized spacial score (nSPS) is 13.1. The number of alkyl carbamates (subject to hydrolysis) is 1. The number of benzene rings is 2. The second-order valence-corrected chi connectivity index (χ2v) is 8.19. The summed E-state index contributed by atoms with van der Waals surface area (Å²) in [6, 6.07) is 10.5. The number of carbonyl (C=O) groups excluding carboxylic acids is 2. The average Bonchev–Trinajstić information content (AvgIpc) is 2.77. The second kappa shape index (κ2) is 12.1. The standard InChI is InChI=1S/C24H27F3N2O5/c1-15(2)12-19(29-23(33)34-14-17-6-4-3-5-7-17)21(30)28-20(22(31)32)13-16-8-10-18(11-9-16)24(25,26)27/h3-11,15,19-20H,12-14H2,1-2H3,(H,28,30)(H,29,33)(H,31,32)/t19-,20+/m0/s1. The molecule has 0 radical (unpaired) electrons. The number of carboxylic acid groups (broad SMARTS) is 1. The number of hydrogen-bond donors (Lipinski definition) is 3. The van der Waals surface area contributed by atoms with E-state index in [-0.39, 0.29) is 25.4 Å². The van der Waals surface area contributed by atoms with Crippen molar-refractivity contribution in [3.63, 3.8) is 0 Å². The van der Waals surface area contributed by atoms with Crippen LogP contribution in [0.5, 0.6) is 0 Å². The summed E-state index contributed by atoms with van der Waals surface area (Å²) in [6.07, 6.45) is -5.35. The van der Waals surface area contributed by atoms with Crippen molar-refractivity contribution in [3.05, 3.63) is 71.3 Å². The lowest BCUT2D eigenvalue weighted by Crippen LogP contribution is -2.52. The van der Waals surface area contributed by atoms with Crippen molar-refractivity contribution in [1.29, 1.82) is 0 Å².